The van der Waals surface area contributed by atoms with Gasteiger partial charge in [0.2, 0.25) is 5.91 Å². The monoisotopic (exact) mass is 429 g/mol. The summed E-state index contributed by atoms with van der Waals surface area (Å²) in [7, 11) is 3.39. The molecule has 0 radical (unpaired) electrons. The Morgan fingerprint density at radius 1 is 1.10 bits per heavy atom. The van der Waals surface area contributed by atoms with Crippen LogP contribution < -0.4 is 4.90 Å². The minimum absolute atomic E-state index is 0.0235. The first kappa shape index (κ1) is 19.3. The topological polar surface area (TPSA) is 84.6 Å². The highest BCUT2D eigenvalue weighted by atomic mass is 19.4. The summed E-state index contributed by atoms with van der Waals surface area (Å²) in [5.41, 5.74) is 1.16. The van der Waals surface area contributed by atoms with Crippen molar-refractivity contribution >= 4 is 22.8 Å². The number of fused-ring (bicyclic) bond motifs is 6. The fraction of sp³-hybridized carbons (Fsp3) is 0.300. The van der Waals surface area contributed by atoms with Crippen molar-refractivity contribution in [3.05, 3.63) is 36.5 Å². The summed E-state index contributed by atoms with van der Waals surface area (Å²) >= 11 is 0. The maximum atomic E-state index is 13.7. The van der Waals surface area contributed by atoms with Gasteiger partial charge in [-0.05, 0) is 12.5 Å². The number of carbonyl (C=O) groups is 1. The molecule has 11 heteroatoms. The molecule has 5 rings (SSSR count). The molecule has 1 aliphatic heterocycles. The van der Waals surface area contributed by atoms with Gasteiger partial charge in [-0.15, -0.1) is 0 Å². The van der Waals surface area contributed by atoms with Gasteiger partial charge < -0.3 is 4.98 Å². The smallest absolute Gasteiger partial charge is 0.346 e. The van der Waals surface area contributed by atoms with Crippen molar-refractivity contribution in [3.8, 4) is 22.3 Å². The number of H-pyrrole nitrogens is 1. The molecule has 0 saturated heterocycles. The van der Waals surface area contributed by atoms with E-state index < -0.39 is 11.9 Å². The largest absolute Gasteiger partial charge is 0.435 e. The number of pyridine rings is 1. The van der Waals surface area contributed by atoms with Crippen LogP contribution in [0.1, 0.15) is 18.5 Å². The van der Waals surface area contributed by atoms with Crippen molar-refractivity contribution in [1.29, 1.82) is 0 Å². The number of carbonyl (C=O) groups excluding carboxylic acids is 1. The second kappa shape index (κ2) is 6.69. The molecule has 0 aromatic carbocycles. The van der Waals surface area contributed by atoms with E-state index in [1.807, 2.05) is 0 Å². The molecular formula is C20H18F3N7O. The van der Waals surface area contributed by atoms with Crippen molar-refractivity contribution in [2.45, 2.75) is 25.6 Å². The maximum absolute atomic E-state index is 13.7. The van der Waals surface area contributed by atoms with Gasteiger partial charge in [0.25, 0.3) is 0 Å². The maximum Gasteiger partial charge on any atom is 0.435 e. The molecule has 1 N–H and O–H groups in total. The first-order valence-corrected chi connectivity index (χ1v) is 9.65. The van der Waals surface area contributed by atoms with Crippen LogP contribution in [-0.2, 0) is 24.6 Å². The van der Waals surface area contributed by atoms with E-state index in [1.54, 1.807) is 37.2 Å². The fourth-order valence-corrected chi connectivity index (χ4v) is 3.92. The van der Waals surface area contributed by atoms with E-state index in [4.69, 9.17) is 0 Å². The van der Waals surface area contributed by atoms with Crippen LogP contribution in [0.5, 0.6) is 0 Å². The van der Waals surface area contributed by atoms with Crippen molar-refractivity contribution in [3.63, 3.8) is 0 Å². The molecule has 0 spiro atoms. The number of nitrogens with zero attached hydrogens (tertiary/aromatic N) is 6. The molecule has 31 heavy (non-hydrogen) atoms. The third kappa shape index (κ3) is 3.16. The summed E-state index contributed by atoms with van der Waals surface area (Å²) in [6.45, 7) is 0.184. The third-order valence-electron chi connectivity index (χ3n) is 5.44. The quantitative estimate of drug-likeness (QED) is 0.463. The molecule has 0 fully saturated rings. The second-order valence-corrected chi connectivity index (χ2v) is 7.57. The van der Waals surface area contributed by atoms with E-state index >= 15 is 0 Å². The van der Waals surface area contributed by atoms with Gasteiger partial charge in [0.05, 0.1) is 0 Å². The van der Waals surface area contributed by atoms with Crippen LogP contribution in [0.3, 0.4) is 0 Å². The number of aromatic amines is 1. The summed E-state index contributed by atoms with van der Waals surface area (Å²) in [6.07, 6.45) is 2.16. The number of aryl methyl sites for hydroxylation is 2. The highest BCUT2D eigenvalue weighted by Crippen LogP contribution is 2.40. The lowest BCUT2D eigenvalue weighted by Gasteiger charge is -2.16. The zero-order valence-corrected chi connectivity index (χ0v) is 16.7. The van der Waals surface area contributed by atoms with Gasteiger partial charge in [-0.1, -0.05) is 0 Å². The zero-order valence-electron chi connectivity index (χ0n) is 16.7. The normalized spacial score (nSPS) is 14.9. The molecule has 0 atom stereocenters. The van der Waals surface area contributed by atoms with Crippen LogP contribution in [0, 0.1) is 0 Å². The Morgan fingerprint density at radius 2 is 1.90 bits per heavy atom. The first-order chi connectivity index (χ1) is 14.7. The number of nitrogens with one attached hydrogen (secondary N) is 1. The fourth-order valence-electron chi connectivity index (χ4n) is 3.92. The van der Waals surface area contributed by atoms with Gasteiger partial charge in [-0.25, -0.2) is 4.98 Å². The lowest BCUT2D eigenvalue weighted by atomic mass is 10.0. The Bertz CT molecular complexity index is 1310. The molecule has 4 aromatic heterocycles. The van der Waals surface area contributed by atoms with Gasteiger partial charge in [0.1, 0.15) is 5.65 Å². The number of halogens is 3. The number of hydrogen-bond acceptors (Lipinski definition) is 4. The van der Waals surface area contributed by atoms with E-state index in [2.05, 4.69) is 20.2 Å². The molecule has 5 heterocycles. The van der Waals surface area contributed by atoms with Crippen molar-refractivity contribution < 1.29 is 18.0 Å². The number of amides is 1. The van der Waals surface area contributed by atoms with E-state index in [-0.39, 0.29) is 24.4 Å². The van der Waals surface area contributed by atoms with E-state index in [9.17, 15) is 18.0 Å². The molecule has 160 valence electrons. The minimum Gasteiger partial charge on any atom is -0.346 e. The van der Waals surface area contributed by atoms with Crippen LogP contribution in [0.2, 0.25) is 0 Å². The van der Waals surface area contributed by atoms with E-state index in [0.717, 1.165) is 0 Å². The van der Waals surface area contributed by atoms with Crippen LogP contribution >= 0.6 is 0 Å². The highest BCUT2D eigenvalue weighted by Gasteiger charge is 2.38. The first-order valence-electron chi connectivity index (χ1n) is 9.65. The Morgan fingerprint density at radius 3 is 2.68 bits per heavy atom. The Labute approximate surface area is 174 Å². The third-order valence-corrected chi connectivity index (χ3v) is 5.44. The molecule has 4 aromatic rings. The average molecular weight is 429 g/mol. The molecule has 1 amide bonds. The predicted octanol–water partition coefficient (Wildman–Crippen LogP) is 3.60. The minimum atomic E-state index is -4.62. The Balaban J connectivity index is 1.79. The summed E-state index contributed by atoms with van der Waals surface area (Å²) in [4.78, 5) is 21.5. The molecule has 0 aliphatic carbocycles. The molecule has 1 aliphatic rings. The van der Waals surface area contributed by atoms with Crippen LogP contribution in [0.25, 0.3) is 33.3 Å². The summed E-state index contributed by atoms with van der Waals surface area (Å²) < 4.78 is 44.1. The average Bonchev–Trinajstić information content (AvgIpc) is 3.41. The molecular weight excluding hydrogens is 411 g/mol. The second-order valence-electron chi connectivity index (χ2n) is 7.57. The van der Waals surface area contributed by atoms with E-state index in [0.29, 0.717) is 40.0 Å². The van der Waals surface area contributed by atoms with Crippen LogP contribution in [-0.4, -0.2) is 42.5 Å². The molecule has 0 saturated carbocycles. The summed E-state index contributed by atoms with van der Waals surface area (Å²) in [5.74, 6) is 0.286. The van der Waals surface area contributed by atoms with Gasteiger partial charge in [-0.2, -0.15) is 23.4 Å². The molecule has 0 unspecified atom stereocenters. The molecule has 8 nitrogen and oxygen atoms in total. The number of alkyl halides is 3. The Kier molecular flexibility index (Phi) is 4.17. The Hall–Kier alpha value is -3.63. The number of rotatable bonds is 0. The van der Waals surface area contributed by atoms with Gasteiger partial charge >= 0.3 is 6.18 Å². The predicted molar refractivity (Wildman–Crippen MR) is 107 cm³/mol. The van der Waals surface area contributed by atoms with Crippen molar-refractivity contribution in [2.24, 2.45) is 7.05 Å². The standard InChI is InChI=1S/C20H18F3N7O/c1-28-9-14-11-6-12-13(8-25-18(12)24-7-11)15-10-30(26-17(15)20(21,22)23)5-3-4-16(31)29(2)19(14)27-28/h6-10H,3-5H2,1-2H3,(H,24,25). The van der Waals surface area contributed by atoms with Crippen LogP contribution in [0.4, 0.5) is 19.0 Å². The van der Waals surface area contributed by atoms with Crippen LogP contribution in [0.15, 0.2) is 30.9 Å². The number of anilines is 1. The van der Waals surface area contributed by atoms with Gasteiger partial charge in [0.15, 0.2) is 11.5 Å². The zero-order chi connectivity index (χ0) is 21.9. The highest BCUT2D eigenvalue weighted by molar-refractivity contribution is 5.99. The lowest BCUT2D eigenvalue weighted by Crippen LogP contribution is -2.27. The van der Waals surface area contributed by atoms with Gasteiger partial charge in [0, 0.05) is 79.5 Å². The van der Waals surface area contributed by atoms with Gasteiger partial charge in [-0.3, -0.25) is 19.1 Å². The van der Waals surface area contributed by atoms with E-state index in [1.165, 1.54) is 22.0 Å². The van der Waals surface area contributed by atoms with Crippen molar-refractivity contribution in [1.82, 2.24) is 29.5 Å². The molecule has 4 bridgehead atoms. The van der Waals surface area contributed by atoms with Crippen molar-refractivity contribution in [2.75, 3.05) is 11.9 Å². The summed E-state index contributed by atoms with van der Waals surface area (Å²) in [6, 6.07) is 1.76. The number of hydrogen-bond donors (Lipinski definition) is 1. The number of aromatic nitrogens is 6. The SMILES string of the molecule is CN1C(=O)CCCn2cc(c(C(F)(F)F)n2)-c2c[nH]c3ncc(cc23)-c2cn(C)nc21. The summed E-state index contributed by atoms with van der Waals surface area (Å²) in [5, 5.41) is 8.73. The lowest BCUT2D eigenvalue weighted by molar-refractivity contribution is -0.141.